The summed E-state index contributed by atoms with van der Waals surface area (Å²) in [7, 11) is 3.53. The number of fused-ring (bicyclic) bond motifs is 1. The van der Waals surface area contributed by atoms with Gasteiger partial charge < -0.3 is 9.24 Å². The maximum Gasteiger partial charge on any atom is 0.236 e. The monoisotopic (exact) mass is 306 g/mol. The van der Waals surface area contributed by atoms with Gasteiger partial charge >= 0.3 is 0 Å². The van der Waals surface area contributed by atoms with Gasteiger partial charge in [-0.1, -0.05) is 14.3 Å². The number of hydrogen-bond acceptors (Lipinski definition) is 1. The number of amides is 1. The molecule has 1 fully saturated rings. The molecular weight excluding hydrogens is 286 g/mol. The highest BCUT2D eigenvalue weighted by molar-refractivity contribution is 8.10. The van der Waals surface area contributed by atoms with Gasteiger partial charge in [0, 0.05) is 33.7 Å². The van der Waals surface area contributed by atoms with Crippen LogP contribution in [0, 0.1) is 0 Å². The summed E-state index contributed by atoms with van der Waals surface area (Å²) in [6.45, 7) is 5.17. The van der Waals surface area contributed by atoms with Crippen LogP contribution in [-0.4, -0.2) is 28.4 Å². The van der Waals surface area contributed by atoms with Crippen molar-refractivity contribution in [2.45, 2.75) is 18.8 Å². The Labute approximate surface area is 123 Å². The van der Waals surface area contributed by atoms with E-state index in [1.807, 2.05) is 4.67 Å². The van der Waals surface area contributed by atoms with E-state index in [2.05, 4.69) is 55.7 Å². The highest BCUT2D eigenvalue weighted by atomic mass is 32.0. The summed E-state index contributed by atoms with van der Waals surface area (Å²) in [6, 6.07) is 8.57. The summed E-state index contributed by atoms with van der Waals surface area (Å²) < 4.78 is 4.16. The Bertz CT molecular complexity index is 667. The number of carbonyl (C=O) groups is 1. The second-order valence-electron chi connectivity index (χ2n) is 5.60. The van der Waals surface area contributed by atoms with E-state index in [-0.39, 0.29) is 5.41 Å². The van der Waals surface area contributed by atoms with E-state index >= 15 is 0 Å². The third-order valence-electron chi connectivity index (χ3n) is 4.32. The van der Waals surface area contributed by atoms with Crippen molar-refractivity contribution < 1.29 is 4.79 Å². The number of nitrogens with zero attached hydrogens (tertiary/aromatic N) is 2. The van der Waals surface area contributed by atoms with Gasteiger partial charge in [-0.15, -0.1) is 0 Å². The fraction of sp³-hybridized carbons (Fsp3) is 0.400. The summed E-state index contributed by atoms with van der Waals surface area (Å²) in [6.07, 6.45) is 3.00. The number of carbonyl (C=O) groups excluding carboxylic acids is 1. The summed E-state index contributed by atoms with van der Waals surface area (Å²) in [5.74, 6) is 0.306. The molecule has 0 radical (unpaired) electrons. The Morgan fingerprint density at radius 2 is 2.10 bits per heavy atom. The molecule has 0 bridgehead atoms. The van der Waals surface area contributed by atoms with Crippen LogP contribution in [0.3, 0.4) is 0 Å². The van der Waals surface area contributed by atoms with E-state index in [1.165, 1.54) is 10.9 Å². The molecule has 2 unspecified atom stereocenters. The summed E-state index contributed by atoms with van der Waals surface area (Å²) in [4.78, 5) is 12.7. The molecule has 20 heavy (non-hydrogen) atoms. The predicted octanol–water partition coefficient (Wildman–Crippen LogP) is 3.49. The first-order chi connectivity index (χ1) is 9.56. The van der Waals surface area contributed by atoms with Gasteiger partial charge in [-0.2, -0.15) is 0 Å². The zero-order valence-corrected chi connectivity index (χ0v) is 14.1. The Balaban J connectivity index is 1.99. The Morgan fingerprint density at radius 1 is 1.30 bits per heavy atom. The quantitative estimate of drug-likeness (QED) is 0.797. The summed E-state index contributed by atoms with van der Waals surface area (Å²) in [5, 5.41) is 1.22. The SMILES string of the molecule is CPPN1CC[C@@](C)(c2ccc3c(ccn3C)c2)C1=O. The van der Waals surface area contributed by atoms with E-state index in [0.717, 1.165) is 26.8 Å². The fourth-order valence-corrected chi connectivity index (χ4v) is 5.27. The zero-order chi connectivity index (χ0) is 14.3. The highest BCUT2D eigenvalue weighted by Crippen LogP contribution is 2.46. The van der Waals surface area contributed by atoms with Gasteiger partial charge in [0.2, 0.25) is 5.91 Å². The van der Waals surface area contributed by atoms with Crippen LogP contribution in [0.5, 0.6) is 0 Å². The number of aryl methyl sites for hydroxylation is 1. The molecule has 0 aliphatic carbocycles. The number of aromatic nitrogens is 1. The molecule has 1 aromatic carbocycles. The maximum atomic E-state index is 12.7. The van der Waals surface area contributed by atoms with E-state index < -0.39 is 0 Å². The Kier molecular flexibility index (Phi) is 3.60. The lowest BCUT2D eigenvalue weighted by Gasteiger charge is -2.24. The molecule has 1 aliphatic heterocycles. The van der Waals surface area contributed by atoms with Crippen LogP contribution in [0.2, 0.25) is 0 Å². The van der Waals surface area contributed by atoms with Crippen LogP contribution < -0.4 is 0 Å². The van der Waals surface area contributed by atoms with Gasteiger partial charge in [-0.05, 0) is 49.2 Å². The highest BCUT2D eigenvalue weighted by Gasteiger charge is 2.43. The average molecular weight is 306 g/mol. The lowest BCUT2D eigenvalue weighted by molar-refractivity contribution is -0.127. The van der Waals surface area contributed by atoms with Crippen molar-refractivity contribution in [3.63, 3.8) is 0 Å². The first-order valence-corrected chi connectivity index (χ1v) is 10.3. The van der Waals surface area contributed by atoms with Crippen LogP contribution in [-0.2, 0) is 17.3 Å². The van der Waals surface area contributed by atoms with Crippen molar-refractivity contribution >= 4 is 33.5 Å². The first-order valence-electron chi connectivity index (χ1n) is 6.86. The minimum Gasteiger partial charge on any atom is -0.351 e. The van der Waals surface area contributed by atoms with Crippen molar-refractivity contribution in [3.8, 4) is 0 Å². The molecule has 1 aliphatic rings. The lowest BCUT2D eigenvalue weighted by atomic mass is 9.81. The average Bonchev–Trinajstić information content (AvgIpc) is 2.95. The van der Waals surface area contributed by atoms with Gasteiger partial charge in [-0.3, -0.25) is 4.79 Å². The molecule has 3 atom stereocenters. The van der Waals surface area contributed by atoms with Gasteiger partial charge in [0.25, 0.3) is 0 Å². The van der Waals surface area contributed by atoms with Crippen LogP contribution in [0.25, 0.3) is 10.9 Å². The lowest BCUT2D eigenvalue weighted by Crippen LogP contribution is -2.31. The van der Waals surface area contributed by atoms with E-state index in [9.17, 15) is 4.79 Å². The van der Waals surface area contributed by atoms with Crippen molar-refractivity contribution in [3.05, 3.63) is 36.0 Å². The first kappa shape index (κ1) is 14.0. The standard InChI is InChI=1S/C15H20N2OP2/c1-15(7-9-17(14(15)18)20-19-3)12-4-5-13-11(10-12)6-8-16(13)2/h4-6,8,10,19-20H,7,9H2,1-3H3/t15-/m0/s1. The third-order valence-corrected chi connectivity index (χ3v) is 6.72. The molecule has 5 heteroatoms. The molecule has 1 aromatic heterocycles. The molecular formula is C15H20N2OP2. The van der Waals surface area contributed by atoms with Crippen molar-refractivity contribution in [2.75, 3.05) is 13.2 Å². The predicted molar refractivity (Wildman–Crippen MR) is 89.2 cm³/mol. The molecule has 0 saturated carbocycles. The van der Waals surface area contributed by atoms with E-state index in [1.54, 1.807) is 0 Å². The molecule has 2 heterocycles. The fourth-order valence-electron chi connectivity index (χ4n) is 2.98. The molecule has 0 spiro atoms. The van der Waals surface area contributed by atoms with E-state index in [0.29, 0.717) is 14.3 Å². The van der Waals surface area contributed by atoms with Gasteiger partial charge in [0.15, 0.2) is 0 Å². The molecule has 3 rings (SSSR count). The maximum absolute atomic E-state index is 12.7. The number of benzene rings is 1. The molecule has 0 N–H and O–H groups in total. The van der Waals surface area contributed by atoms with Crippen LogP contribution >= 0.6 is 16.7 Å². The summed E-state index contributed by atoms with van der Waals surface area (Å²) >= 11 is 0. The molecule has 106 valence electrons. The van der Waals surface area contributed by atoms with Crippen molar-refractivity contribution in [2.24, 2.45) is 7.05 Å². The largest absolute Gasteiger partial charge is 0.351 e. The molecule has 1 saturated heterocycles. The number of hydrogen-bond donors (Lipinski definition) is 0. The van der Waals surface area contributed by atoms with Crippen LogP contribution in [0.15, 0.2) is 30.5 Å². The molecule has 3 nitrogen and oxygen atoms in total. The molecule has 2 aromatic rings. The summed E-state index contributed by atoms with van der Waals surface area (Å²) in [5.41, 5.74) is 2.04. The smallest absolute Gasteiger partial charge is 0.236 e. The minimum atomic E-state index is -0.337. The van der Waals surface area contributed by atoms with Crippen LogP contribution in [0.4, 0.5) is 0 Å². The Hall–Kier alpha value is -0.910. The van der Waals surface area contributed by atoms with Gasteiger partial charge in [0.05, 0.1) is 5.41 Å². The minimum absolute atomic E-state index is 0.306. The van der Waals surface area contributed by atoms with Gasteiger partial charge in [-0.25, -0.2) is 0 Å². The van der Waals surface area contributed by atoms with Gasteiger partial charge in [0.1, 0.15) is 0 Å². The second-order valence-corrected chi connectivity index (χ2v) is 9.04. The third kappa shape index (κ3) is 2.08. The molecule has 1 amide bonds. The second kappa shape index (κ2) is 5.13. The van der Waals surface area contributed by atoms with Crippen molar-refractivity contribution in [1.29, 1.82) is 0 Å². The number of rotatable bonds is 3. The normalized spacial score (nSPS) is 24.1. The van der Waals surface area contributed by atoms with Crippen LogP contribution in [0.1, 0.15) is 18.9 Å². The van der Waals surface area contributed by atoms with E-state index in [4.69, 9.17) is 0 Å². The topological polar surface area (TPSA) is 25.2 Å². The Morgan fingerprint density at radius 3 is 2.85 bits per heavy atom. The van der Waals surface area contributed by atoms with Crippen molar-refractivity contribution in [1.82, 2.24) is 9.24 Å². The zero-order valence-electron chi connectivity index (χ0n) is 12.1.